The van der Waals surface area contributed by atoms with Crippen molar-refractivity contribution in [3.8, 4) is 5.75 Å². The molecule has 8 heteroatoms. The van der Waals surface area contributed by atoms with Crippen molar-refractivity contribution in [2.45, 2.75) is 32.9 Å². The summed E-state index contributed by atoms with van der Waals surface area (Å²) in [6.45, 7) is 5.95. The van der Waals surface area contributed by atoms with Gasteiger partial charge in [0.1, 0.15) is 11.8 Å². The molecular formula is C33H28N2O4S2. The molecule has 6 rings (SSSR count). The lowest BCUT2D eigenvalue weighted by Gasteiger charge is -2.24. The van der Waals surface area contributed by atoms with Crippen LogP contribution in [0.25, 0.3) is 22.5 Å². The first kappa shape index (κ1) is 26.9. The Morgan fingerprint density at radius 1 is 1.02 bits per heavy atom. The fourth-order valence-corrected chi connectivity index (χ4v) is 6.87. The van der Waals surface area contributed by atoms with Crippen molar-refractivity contribution in [2.24, 2.45) is 4.99 Å². The van der Waals surface area contributed by atoms with E-state index < -0.39 is 12.0 Å². The Morgan fingerprint density at radius 3 is 2.54 bits per heavy atom. The standard InChI is InChI=1S/C33H28N2O4S2/c1-4-38-32(37)28-29(22-12-6-5-7-13-22)34-33-35(30(28)26-15-10-18-40-26)31(36)27(41-33)19-24-23-14-9-8-11-21(23)16-17-25(24)39-20(2)3/h5-20,30H,4H2,1-3H3/t30-/m1/s1. The van der Waals surface area contributed by atoms with E-state index in [2.05, 4.69) is 0 Å². The molecule has 0 fully saturated rings. The van der Waals surface area contributed by atoms with Gasteiger partial charge in [0, 0.05) is 16.0 Å². The second-order valence-corrected chi connectivity index (χ2v) is 11.8. The quantitative estimate of drug-likeness (QED) is 0.224. The van der Waals surface area contributed by atoms with Crippen LogP contribution in [0.2, 0.25) is 0 Å². The van der Waals surface area contributed by atoms with Gasteiger partial charge in [0.05, 0.1) is 28.5 Å². The molecule has 3 aromatic carbocycles. The zero-order chi connectivity index (χ0) is 28.5. The minimum absolute atomic E-state index is 0.0380. The number of benzene rings is 3. The maximum absolute atomic E-state index is 14.2. The van der Waals surface area contributed by atoms with Crippen molar-refractivity contribution < 1.29 is 14.3 Å². The number of thiazole rings is 1. The normalized spacial score (nSPS) is 15.2. The number of ether oxygens (including phenoxy) is 2. The average Bonchev–Trinajstić information content (AvgIpc) is 3.62. The smallest absolute Gasteiger partial charge is 0.338 e. The van der Waals surface area contributed by atoms with Crippen LogP contribution in [0.4, 0.5) is 0 Å². The Kier molecular flexibility index (Phi) is 7.43. The average molecular weight is 581 g/mol. The number of aromatic nitrogens is 1. The molecule has 5 aromatic rings. The van der Waals surface area contributed by atoms with Gasteiger partial charge in [-0.3, -0.25) is 9.36 Å². The molecule has 0 amide bonds. The number of esters is 1. The van der Waals surface area contributed by atoms with Gasteiger partial charge >= 0.3 is 5.97 Å². The SMILES string of the molecule is CCOC(=O)C1=C(c2ccccc2)N=c2sc(=Cc3c(OC(C)C)ccc4ccccc34)c(=O)n2[C@@H]1c1cccs1. The van der Waals surface area contributed by atoms with Gasteiger partial charge in [-0.05, 0) is 55.1 Å². The highest BCUT2D eigenvalue weighted by Crippen LogP contribution is 2.37. The van der Waals surface area contributed by atoms with Crippen molar-refractivity contribution in [3.63, 3.8) is 0 Å². The van der Waals surface area contributed by atoms with Crippen LogP contribution in [0.15, 0.2) is 99.6 Å². The van der Waals surface area contributed by atoms with Gasteiger partial charge in [-0.1, -0.05) is 78.1 Å². The number of hydrogen-bond acceptors (Lipinski definition) is 7. The summed E-state index contributed by atoms with van der Waals surface area (Å²) in [7, 11) is 0. The van der Waals surface area contributed by atoms with E-state index in [0.29, 0.717) is 26.4 Å². The van der Waals surface area contributed by atoms with Crippen LogP contribution in [0, 0.1) is 0 Å². The highest BCUT2D eigenvalue weighted by molar-refractivity contribution is 7.10. The number of nitrogens with zero attached hydrogens (tertiary/aromatic N) is 2. The molecule has 3 heterocycles. The molecule has 0 bridgehead atoms. The number of carbonyl (C=O) groups is 1. The molecule has 1 aliphatic heterocycles. The first-order valence-corrected chi connectivity index (χ1v) is 15.2. The molecule has 0 spiro atoms. The maximum atomic E-state index is 14.2. The molecule has 0 aliphatic carbocycles. The largest absolute Gasteiger partial charge is 0.490 e. The molecule has 0 saturated carbocycles. The van der Waals surface area contributed by atoms with E-state index in [9.17, 15) is 9.59 Å². The maximum Gasteiger partial charge on any atom is 0.338 e. The van der Waals surface area contributed by atoms with Gasteiger partial charge in [-0.15, -0.1) is 11.3 Å². The van der Waals surface area contributed by atoms with Crippen molar-refractivity contribution >= 4 is 51.2 Å². The molecule has 0 radical (unpaired) electrons. The molecule has 1 aliphatic rings. The zero-order valence-corrected chi connectivity index (χ0v) is 24.5. The van der Waals surface area contributed by atoms with E-state index in [0.717, 1.165) is 26.8 Å². The summed E-state index contributed by atoms with van der Waals surface area (Å²) in [4.78, 5) is 34.1. The first-order chi connectivity index (χ1) is 20.0. The Morgan fingerprint density at radius 2 is 1.80 bits per heavy atom. The van der Waals surface area contributed by atoms with Gasteiger partial charge in [0.2, 0.25) is 0 Å². The molecule has 41 heavy (non-hydrogen) atoms. The molecule has 1 atom stereocenters. The summed E-state index contributed by atoms with van der Waals surface area (Å²) < 4.78 is 13.8. The third kappa shape index (κ3) is 5.05. The van der Waals surface area contributed by atoms with Gasteiger partial charge in [0.25, 0.3) is 5.56 Å². The molecule has 6 nitrogen and oxygen atoms in total. The zero-order valence-electron chi connectivity index (χ0n) is 22.9. The summed E-state index contributed by atoms with van der Waals surface area (Å²) in [6, 6.07) is 24.8. The Hall–Kier alpha value is -4.27. The van der Waals surface area contributed by atoms with E-state index in [1.165, 1.54) is 22.7 Å². The highest BCUT2D eigenvalue weighted by Gasteiger charge is 2.35. The van der Waals surface area contributed by atoms with Gasteiger partial charge < -0.3 is 9.47 Å². The van der Waals surface area contributed by atoms with Crippen molar-refractivity contribution in [2.75, 3.05) is 6.61 Å². The fourth-order valence-electron chi connectivity index (χ4n) is 5.07. The molecule has 206 valence electrons. The lowest BCUT2D eigenvalue weighted by atomic mass is 9.97. The monoisotopic (exact) mass is 580 g/mol. The molecular weight excluding hydrogens is 553 g/mol. The van der Waals surface area contributed by atoms with Crippen molar-refractivity contribution in [1.82, 2.24) is 4.57 Å². The van der Waals surface area contributed by atoms with E-state index in [4.69, 9.17) is 14.5 Å². The van der Waals surface area contributed by atoms with Crippen molar-refractivity contribution in [1.29, 1.82) is 0 Å². The minimum Gasteiger partial charge on any atom is -0.490 e. The van der Waals surface area contributed by atoms with Gasteiger partial charge in [0.15, 0.2) is 4.80 Å². The van der Waals surface area contributed by atoms with Gasteiger partial charge in [-0.2, -0.15) is 0 Å². The third-order valence-electron chi connectivity index (χ3n) is 6.76. The van der Waals surface area contributed by atoms with Crippen LogP contribution in [0.5, 0.6) is 5.75 Å². The summed E-state index contributed by atoms with van der Waals surface area (Å²) in [5.41, 5.74) is 2.28. The second-order valence-electron chi connectivity index (χ2n) is 9.81. The highest BCUT2D eigenvalue weighted by atomic mass is 32.1. The van der Waals surface area contributed by atoms with Crippen LogP contribution in [-0.4, -0.2) is 23.2 Å². The Labute approximate surface area is 245 Å². The third-order valence-corrected chi connectivity index (χ3v) is 8.66. The van der Waals surface area contributed by atoms with Crippen LogP contribution >= 0.6 is 22.7 Å². The van der Waals surface area contributed by atoms with Crippen molar-refractivity contribution in [3.05, 3.63) is 126 Å². The van der Waals surface area contributed by atoms with E-state index in [-0.39, 0.29) is 18.3 Å². The predicted molar refractivity (Wildman–Crippen MR) is 165 cm³/mol. The Bertz CT molecular complexity index is 1950. The van der Waals surface area contributed by atoms with Crippen LogP contribution in [0.3, 0.4) is 0 Å². The predicted octanol–water partition coefficient (Wildman–Crippen LogP) is 5.94. The summed E-state index contributed by atoms with van der Waals surface area (Å²) in [5.74, 6) is 0.223. The topological polar surface area (TPSA) is 69.9 Å². The minimum atomic E-state index is -0.665. The lowest BCUT2D eigenvalue weighted by molar-refractivity contribution is -0.138. The number of carbonyl (C=O) groups excluding carboxylic acids is 1. The molecule has 0 N–H and O–H groups in total. The molecule has 2 aromatic heterocycles. The lowest BCUT2D eigenvalue weighted by Crippen LogP contribution is -2.39. The van der Waals surface area contributed by atoms with Crippen LogP contribution in [0.1, 0.15) is 42.8 Å². The van der Waals surface area contributed by atoms with E-state index in [1.54, 1.807) is 11.5 Å². The molecule has 0 unspecified atom stereocenters. The van der Waals surface area contributed by atoms with Crippen LogP contribution in [-0.2, 0) is 9.53 Å². The van der Waals surface area contributed by atoms with E-state index >= 15 is 0 Å². The van der Waals surface area contributed by atoms with E-state index in [1.807, 2.05) is 104 Å². The fraction of sp³-hybridized carbons (Fsp3) is 0.182. The van der Waals surface area contributed by atoms with Crippen LogP contribution < -0.4 is 19.6 Å². The summed E-state index contributed by atoms with van der Waals surface area (Å²) >= 11 is 2.80. The Balaban J connectivity index is 1.65. The first-order valence-electron chi connectivity index (χ1n) is 13.5. The number of hydrogen-bond donors (Lipinski definition) is 0. The second kappa shape index (κ2) is 11.3. The number of rotatable bonds is 7. The molecule has 0 saturated heterocycles. The summed E-state index contributed by atoms with van der Waals surface area (Å²) in [5, 5.41) is 3.99. The van der Waals surface area contributed by atoms with Gasteiger partial charge in [-0.25, -0.2) is 9.79 Å². The summed E-state index contributed by atoms with van der Waals surface area (Å²) in [6.07, 6.45) is 1.86. The number of fused-ring (bicyclic) bond motifs is 2. The number of thiophene rings is 1.